The first-order valence-electron chi connectivity index (χ1n) is 3.73. The highest BCUT2D eigenvalue weighted by atomic mass is 32.1. The lowest BCUT2D eigenvalue weighted by Crippen LogP contribution is -1.92. The number of carbonyl (C=O) groups is 1. The summed E-state index contributed by atoms with van der Waals surface area (Å²) >= 11 is 1.58. The van der Waals surface area contributed by atoms with Gasteiger partial charge in [0, 0.05) is 31.0 Å². The van der Waals surface area contributed by atoms with Gasteiger partial charge in [-0.25, -0.2) is 4.98 Å². The summed E-state index contributed by atoms with van der Waals surface area (Å²) in [6, 6.07) is 0. The first-order chi connectivity index (χ1) is 5.86. The van der Waals surface area contributed by atoms with Crippen molar-refractivity contribution in [1.82, 2.24) is 4.98 Å². The third-order valence-electron chi connectivity index (χ3n) is 1.41. The number of rotatable bonds is 5. The Hall–Kier alpha value is -0.740. The van der Waals surface area contributed by atoms with E-state index in [1.807, 2.05) is 0 Å². The molecule has 0 amide bonds. The van der Waals surface area contributed by atoms with Crippen LogP contribution < -0.4 is 0 Å². The Bertz CT molecular complexity index is 247. The monoisotopic (exact) mass is 185 g/mol. The van der Waals surface area contributed by atoms with Crippen molar-refractivity contribution in [3.05, 3.63) is 16.1 Å². The maximum Gasteiger partial charge on any atom is 0.125 e. The molecule has 1 aromatic heterocycles. The van der Waals surface area contributed by atoms with Gasteiger partial charge in [0.05, 0.1) is 11.6 Å². The lowest BCUT2D eigenvalue weighted by molar-refractivity contribution is -0.107. The molecule has 3 nitrogen and oxygen atoms in total. The molecule has 0 atom stereocenters. The number of hydrogen-bond acceptors (Lipinski definition) is 4. The fraction of sp³-hybridized carbons (Fsp3) is 0.500. The third kappa shape index (κ3) is 2.71. The second-order valence-corrected chi connectivity index (χ2v) is 3.53. The van der Waals surface area contributed by atoms with Crippen LogP contribution in [0.25, 0.3) is 0 Å². The highest BCUT2D eigenvalue weighted by Gasteiger charge is 2.00. The average molecular weight is 185 g/mol. The molecule has 0 unspecified atom stereocenters. The maximum atomic E-state index is 10.2. The molecule has 1 aromatic rings. The van der Waals surface area contributed by atoms with Crippen molar-refractivity contribution in [3.63, 3.8) is 0 Å². The SMILES string of the molecule is COCCc1ncc(CC=O)s1. The molecule has 0 saturated heterocycles. The summed E-state index contributed by atoms with van der Waals surface area (Å²) in [6.45, 7) is 0.689. The van der Waals surface area contributed by atoms with Gasteiger partial charge in [0.1, 0.15) is 6.29 Å². The van der Waals surface area contributed by atoms with Crippen LogP contribution in [-0.4, -0.2) is 25.0 Å². The molecule has 0 spiro atoms. The van der Waals surface area contributed by atoms with Crippen LogP contribution in [0, 0.1) is 0 Å². The minimum atomic E-state index is 0.477. The van der Waals surface area contributed by atoms with Crippen molar-refractivity contribution >= 4 is 17.6 Å². The topological polar surface area (TPSA) is 39.2 Å². The van der Waals surface area contributed by atoms with E-state index in [1.165, 1.54) is 0 Å². The van der Waals surface area contributed by atoms with Gasteiger partial charge in [-0.1, -0.05) is 0 Å². The molecular formula is C8H11NO2S. The Kier molecular flexibility index (Phi) is 3.90. The molecule has 0 saturated carbocycles. The van der Waals surface area contributed by atoms with Crippen LogP contribution in [0.4, 0.5) is 0 Å². The van der Waals surface area contributed by atoms with Gasteiger partial charge >= 0.3 is 0 Å². The van der Waals surface area contributed by atoms with Crippen LogP contribution in [0.3, 0.4) is 0 Å². The summed E-state index contributed by atoms with van der Waals surface area (Å²) < 4.78 is 4.91. The van der Waals surface area contributed by atoms with Crippen LogP contribution in [0.15, 0.2) is 6.20 Å². The Balaban J connectivity index is 2.46. The van der Waals surface area contributed by atoms with Crippen molar-refractivity contribution in [3.8, 4) is 0 Å². The Labute approximate surface area is 75.4 Å². The number of ether oxygens (including phenoxy) is 1. The summed E-state index contributed by atoms with van der Waals surface area (Å²) in [6.07, 6.45) is 3.96. The second kappa shape index (κ2) is 5.00. The summed E-state index contributed by atoms with van der Waals surface area (Å²) in [5.41, 5.74) is 0. The second-order valence-electron chi connectivity index (χ2n) is 2.33. The zero-order valence-electron chi connectivity index (χ0n) is 6.95. The number of aromatic nitrogens is 1. The highest BCUT2D eigenvalue weighted by Crippen LogP contribution is 2.13. The van der Waals surface area contributed by atoms with Gasteiger partial charge < -0.3 is 9.53 Å². The average Bonchev–Trinajstić information content (AvgIpc) is 2.50. The zero-order valence-corrected chi connectivity index (χ0v) is 7.76. The number of methoxy groups -OCH3 is 1. The lowest BCUT2D eigenvalue weighted by Gasteiger charge is -1.92. The van der Waals surface area contributed by atoms with E-state index in [9.17, 15) is 4.79 Å². The standard InChI is InChI=1S/C8H11NO2S/c1-11-5-3-8-9-6-7(12-8)2-4-10/h4,6H,2-3,5H2,1H3. The number of thiazole rings is 1. The molecule has 1 rings (SSSR count). The molecule has 0 aliphatic heterocycles. The third-order valence-corrected chi connectivity index (χ3v) is 2.49. The van der Waals surface area contributed by atoms with Crippen LogP contribution in [0.2, 0.25) is 0 Å². The molecule has 66 valence electrons. The Morgan fingerprint density at radius 2 is 2.58 bits per heavy atom. The van der Waals surface area contributed by atoms with E-state index < -0.39 is 0 Å². The molecule has 12 heavy (non-hydrogen) atoms. The van der Waals surface area contributed by atoms with Crippen molar-refractivity contribution in [1.29, 1.82) is 0 Å². The summed E-state index contributed by atoms with van der Waals surface area (Å²) in [7, 11) is 1.67. The maximum absolute atomic E-state index is 10.2. The van der Waals surface area contributed by atoms with Crippen molar-refractivity contribution < 1.29 is 9.53 Å². The van der Waals surface area contributed by atoms with E-state index in [4.69, 9.17) is 4.74 Å². The fourth-order valence-corrected chi connectivity index (χ4v) is 1.68. The molecule has 0 aliphatic rings. The normalized spacial score (nSPS) is 10.1. The summed E-state index contributed by atoms with van der Waals surface area (Å²) in [5.74, 6) is 0. The molecule has 0 N–H and O–H groups in total. The molecule has 1 heterocycles. The van der Waals surface area contributed by atoms with E-state index in [1.54, 1.807) is 24.6 Å². The number of aldehydes is 1. The van der Waals surface area contributed by atoms with Gasteiger partial charge in [0.25, 0.3) is 0 Å². The number of hydrogen-bond donors (Lipinski definition) is 0. The first-order valence-corrected chi connectivity index (χ1v) is 4.54. The largest absolute Gasteiger partial charge is 0.384 e. The van der Waals surface area contributed by atoms with Crippen LogP contribution >= 0.6 is 11.3 Å². The lowest BCUT2D eigenvalue weighted by atomic mass is 10.4. The minimum Gasteiger partial charge on any atom is -0.384 e. The molecule has 0 fully saturated rings. The molecule has 4 heteroatoms. The van der Waals surface area contributed by atoms with Crippen molar-refractivity contribution in [2.45, 2.75) is 12.8 Å². The van der Waals surface area contributed by atoms with Crippen LogP contribution in [0.5, 0.6) is 0 Å². The number of nitrogens with zero attached hydrogens (tertiary/aromatic N) is 1. The Morgan fingerprint density at radius 3 is 3.25 bits per heavy atom. The van der Waals surface area contributed by atoms with Gasteiger partial charge in [0.2, 0.25) is 0 Å². The van der Waals surface area contributed by atoms with E-state index in [-0.39, 0.29) is 0 Å². The van der Waals surface area contributed by atoms with Gasteiger partial charge in [-0.3, -0.25) is 0 Å². The van der Waals surface area contributed by atoms with E-state index >= 15 is 0 Å². The van der Waals surface area contributed by atoms with Gasteiger partial charge in [-0.15, -0.1) is 11.3 Å². The first kappa shape index (κ1) is 9.35. The quantitative estimate of drug-likeness (QED) is 0.644. The van der Waals surface area contributed by atoms with Crippen molar-refractivity contribution in [2.24, 2.45) is 0 Å². The van der Waals surface area contributed by atoms with E-state index in [0.29, 0.717) is 13.0 Å². The number of carbonyl (C=O) groups excluding carboxylic acids is 1. The van der Waals surface area contributed by atoms with Gasteiger partial charge in [-0.05, 0) is 0 Å². The molecule has 0 aliphatic carbocycles. The van der Waals surface area contributed by atoms with E-state index in [2.05, 4.69) is 4.98 Å². The van der Waals surface area contributed by atoms with E-state index in [0.717, 1.165) is 22.6 Å². The minimum absolute atomic E-state index is 0.477. The van der Waals surface area contributed by atoms with Crippen molar-refractivity contribution in [2.75, 3.05) is 13.7 Å². The molecule has 0 aromatic carbocycles. The summed E-state index contributed by atoms with van der Waals surface area (Å²) in [4.78, 5) is 15.3. The van der Waals surface area contributed by atoms with Crippen LogP contribution in [-0.2, 0) is 22.4 Å². The van der Waals surface area contributed by atoms with Crippen LogP contribution in [0.1, 0.15) is 9.88 Å². The van der Waals surface area contributed by atoms with Gasteiger partial charge in [0.15, 0.2) is 0 Å². The molecular weight excluding hydrogens is 174 g/mol. The Morgan fingerprint density at radius 1 is 1.75 bits per heavy atom. The summed E-state index contributed by atoms with van der Waals surface area (Å²) in [5, 5.41) is 1.04. The molecule has 0 bridgehead atoms. The molecule has 0 radical (unpaired) electrons. The van der Waals surface area contributed by atoms with Gasteiger partial charge in [-0.2, -0.15) is 0 Å². The smallest absolute Gasteiger partial charge is 0.125 e. The highest BCUT2D eigenvalue weighted by molar-refractivity contribution is 7.11. The zero-order chi connectivity index (χ0) is 8.81. The fourth-order valence-electron chi connectivity index (χ4n) is 0.829. The predicted octanol–water partition coefficient (Wildman–Crippen LogP) is 1.07. The predicted molar refractivity (Wildman–Crippen MR) is 47.5 cm³/mol.